The van der Waals surface area contributed by atoms with Crippen molar-refractivity contribution < 1.29 is 14.1 Å². The molecule has 3 aromatic rings. The van der Waals surface area contributed by atoms with Gasteiger partial charge in [0, 0.05) is 41.6 Å². The molecule has 6 nitrogen and oxygen atoms in total. The summed E-state index contributed by atoms with van der Waals surface area (Å²) in [5.74, 6) is 8.21. The van der Waals surface area contributed by atoms with Crippen LogP contribution in [-0.4, -0.2) is 67.1 Å². The van der Waals surface area contributed by atoms with Crippen molar-refractivity contribution >= 4 is 5.78 Å². The Morgan fingerprint density at radius 1 is 1.00 bits per heavy atom. The normalized spacial score (nSPS) is 14.7. The van der Waals surface area contributed by atoms with Gasteiger partial charge in [-0.2, -0.15) is 0 Å². The number of hydrogen-bond donors (Lipinski definition) is 0. The Hall–Kier alpha value is -3.40. The van der Waals surface area contributed by atoms with Gasteiger partial charge in [-0.15, -0.1) is 0 Å². The lowest BCUT2D eigenvalue weighted by atomic mass is 9.93. The summed E-state index contributed by atoms with van der Waals surface area (Å²) < 4.78 is 11.3. The third-order valence-electron chi connectivity index (χ3n) is 7.41. The monoisotopic (exact) mass is 541 g/mol. The molecule has 2 heterocycles. The Bertz CT molecular complexity index is 1280. The third-order valence-corrected chi connectivity index (χ3v) is 7.41. The van der Waals surface area contributed by atoms with E-state index in [9.17, 15) is 4.79 Å². The molecule has 0 amide bonds. The van der Waals surface area contributed by atoms with Crippen LogP contribution in [0.2, 0.25) is 0 Å². The van der Waals surface area contributed by atoms with Crippen molar-refractivity contribution in [2.24, 2.45) is 0 Å². The fourth-order valence-corrected chi connectivity index (χ4v) is 4.86. The van der Waals surface area contributed by atoms with Crippen molar-refractivity contribution in [1.82, 2.24) is 15.0 Å². The zero-order chi connectivity index (χ0) is 28.5. The number of carbonyl (C=O) groups excluding carboxylic acids is 1. The minimum absolute atomic E-state index is 0.111. The van der Waals surface area contributed by atoms with Crippen molar-refractivity contribution in [3.8, 4) is 17.6 Å². The number of hydrogen-bond acceptors (Lipinski definition) is 6. The Kier molecular flexibility index (Phi) is 10.2. The topological polar surface area (TPSA) is 58.8 Å². The summed E-state index contributed by atoms with van der Waals surface area (Å²) in [6, 6.07) is 18.4. The molecule has 0 saturated carbocycles. The average molecular weight is 542 g/mol. The van der Waals surface area contributed by atoms with Gasteiger partial charge in [0.15, 0.2) is 0 Å². The van der Waals surface area contributed by atoms with E-state index in [0.717, 1.165) is 53.8 Å². The summed E-state index contributed by atoms with van der Waals surface area (Å²) in [5.41, 5.74) is 3.39. The number of piperidine rings is 1. The van der Waals surface area contributed by atoms with Crippen LogP contribution >= 0.6 is 0 Å². The first-order chi connectivity index (χ1) is 19.2. The molecule has 0 bridgehead atoms. The highest BCUT2D eigenvalue weighted by Gasteiger charge is 2.21. The van der Waals surface area contributed by atoms with Gasteiger partial charge in [0.25, 0.3) is 0 Å². The molecule has 4 rings (SSSR count). The quantitative estimate of drug-likeness (QED) is 0.249. The van der Waals surface area contributed by atoms with Crippen LogP contribution in [0, 0.1) is 11.8 Å². The van der Waals surface area contributed by atoms with Gasteiger partial charge in [-0.05, 0) is 88.4 Å². The molecule has 1 aliphatic heterocycles. The van der Waals surface area contributed by atoms with Crippen LogP contribution in [-0.2, 0) is 23.1 Å². The molecule has 0 radical (unpaired) electrons. The van der Waals surface area contributed by atoms with Crippen molar-refractivity contribution in [1.29, 1.82) is 0 Å². The van der Waals surface area contributed by atoms with Gasteiger partial charge < -0.3 is 19.1 Å². The van der Waals surface area contributed by atoms with E-state index in [2.05, 4.69) is 61.7 Å². The van der Waals surface area contributed by atoms with E-state index in [0.29, 0.717) is 12.1 Å². The van der Waals surface area contributed by atoms with Crippen molar-refractivity contribution in [2.75, 3.05) is 40.3 Å². The second-order valence-electron chi connectivity index (χ2n) is 12.0. The fraction of sp³-hybridized carbons (Fsp3) is 0.471. The number of carbonyl (C=O) groups is 1. The van der Waals surface area contributed by atoms with E-state index in [1.165, 1.54) is 25.9 Å². The molecule has 0 N–H and O–H groups in total. The van der Waals surface area contributed by atoms with Gasteiger partial charge in [0.2, 0.25) is 0 Å². The zero-order valence-electron chi connectivity index (χ0n) is 24.7. The first-order valence-corrected chi connectivity index (χ1v) is 14.4. The molecule has 1 aromatic heterocycles. The Morgan fingerprint density at radius 2 is 1.62 bits per heavy atom. The summed E-state index contributed by atoms with van der Waals surface area (Å²) in [6.07, 6.45) is 4.18. The smallest absolute Gasteiger partial charge is 0.143 e. The minimum Gasteiger partial charge on any atom is -0.494 e. The van der Waals surface area contributed by atoms with Crippen LogP contribution in [0.3, 0.4) is 0 Å². The maximum Gasteiger partial charge on any atom is 0.143 e. The van der Waals surface area contributed by atoms with Gasteiger partial charge in [0.1, 0.15) is 17.3 Å². The molecule has 212 valence electrons. The van der Waals surface area contributed by atoms with Gasteiger partial charge in [-0.3, -0.25) is 4.79 Å². The SMILES string of the molecule is CN(C)C1CCN(CCCOc2ccc(C#Cc3ccc(CC(=O)Cc4cc(C(C)(C)C)on4)cc3)cc2)CC1. The second kappa shape index (κ2) is 13.8. The number of rotatable bonds is 10. The first kappa shape index (κ1) is 29.6. The summed E-state index contributed by atoms with van der Waals surface area (Å²) in [6.45, 7) is 10.4. The molecule has 0 unspecified atom stereocenters. The van der Waals surface area contributed by atoms with E-state index in [-0.39, 0.29) is 17.6 Å². The number of nitrogens with zero attached hydrogens (tertiary/aromatic N) is 3. The molecular weight excluding hydrogens is 498 g/mol. The van der Waals surface area contributed by atoms with Crippen LogP contribution in [0.1, 0.15) is 68.2 Å². The minimum atomic E-state index is -0.121. The number of aromatic nitrogens is 1. The van der Waals surface area contributed by atoms with Crippen LogP contribution < -0.4 is 4.74 Å². The van der Waals surface area contributed by atoms with E-state index in [1.54, 1.807) is 0 Å². The molecule has 1 aliphatic rings. The van der Waals surface area contributed by atoms with E-state index >= 15 is 0 Å². The standard InChI is InChI=1S/C34H43N3O3/c1-34(2,3)33-25-29(35-40-33)24-31(38)23-28-11-9-26(10-12-28)7-8-27-13-15-32(16-14-27)39-22-6-19-37-20-17-30(18-21-37)36(4)5/h9-16,25,30H,6,17-24H2,1-5H3. The van der Waals surface area contributed by atoms with Crippen molar-refractivity contribution in [3.63, 3.8) is 0 Å². The summed E-state index contributed by atoms with van der Waals surface area (Å²) in [5, 5.41) is 4.05. The van der Waals surface area contributed by atoms with E-state index in [1.807, 2.05) is 54.6 Å². The van der Waals surface area contributed by atoms with Crippen LogP contribution in [0.4, 0.5) is 0 Å². The molecule has 0 aliphatic carbocycles. The summed E-state index contributed by atoms with van der Waals surface area (Å²) >= 11 is 0. The molecular formula is C34H43N3O3. The lowest BCUT2D eigenvalue weighted by molar-refractivity contribution is -0.117. The Morgan fingerprint density at radius 3 is 2.20 bits per heavy atom. The number of benzene rings is 2. The van der Waals surface area contributed by atoms with Gasteiger partial charge in [0.05, 0.1) is 18.7 Å². The lowest BCUT2D eigenvalue weighted by Gasteiger charge is -2.35. The largest absolute Gasteiger partial charge is 0.494 e. The number of ether oxygens (including phenoxy) is 1. The van der Waals surface area contributed by atoms with Gasteiger partial charge >= 0.3 is 0 Å². The molecule has 1 fully saturated rings. The van der Waals surface area contributed by atoms with Crippen LogP contribution in [0.5, 0.6) is 5.75 Å². The fourth-order valence-electron chi connectivity index (χ4n) is 4.86. The molecule has 0 atom stereocenters. The molecule has 6 heteroatoms. The summed E-state index contributed by atoms with van der Waals surface area (Å²) in [7, 11) is 4.36. The highest BCUT2D eigenvalue weighted by Crippen LogP contribution is 2.23. The number of Topliss-reactive ketones (excluding diaryl/α,β-unsaturated/α-hetero) is 1. The first-order valence-electron chi connectivity index (χ1n) is 14.4. The van der Waals surface area contributed by atoms with Gasteiger partial charge in [-0.1, -0.05) is 49.9 Å². The maximum absolute atomic E-state index is 12.5. The van der Waals surface area contributed by atoms with Crippen molar-refractivity contribution in [3.05, 3.63) is 82.7 Å². The molecule has 2 aromatic carbocycles. The number of likely N-dealkylation sites (tertiary alicyclic amines) is 1. The average Bonchev–Trinajstić information content (AvgIpc) is 3.41. The second-order valence-corrected chi connectivity index (χ2v) is 12.0. The van der Waals surface area contributed by atoms with Crippen LogP contribution in [0.25, 0.3) is 0 Å². The highest BCUT2D eigenvalue weighted by atomic mass is 16.5. The summed E-state index contributed by atoms with van der Waals surface area (Å²) in [4.78, 5) is 17.4. The zero-order valence-corrected chi connectivity index (χ0v) is 24.7. The lowest BCUT2D eigenvalue weighted by Crippen LogP contribution is -2.42. The van der Waals surface area contributed by atoms with Crippen molar-refractivity contribution in [2.45, 2.75) is 64.3 Å². The predicted octanol–water partition coefficient (Wildman–Crippen LogP) is 5.52. The molecule has 0 spiro atoms. The molecule has 40 heavy (non-hydrogen) atoms. The predicted molar refractivity (Wildman–Crippen MR) is 160 cm³/mol. The molecule has 1 saturated heterocycles. The maximum atomic E-state index is 12.5. The van der Waals surface area contributed by atoms with Crippen LogP contribution in [0.15, 0.2) is 59.1 Å². The Balaban J connectivity index is 1.18. The number of ketones is 1. The van der Waals surface area contributed by atoms with E-state index in [4.69, 9.17) is 9.26 Å². The highest BCUT2D eigenvalue weighted by molar-refractivity contribution is 5.82. The van der Waals surface area contributed by atoms with Gasteiger partial charge in [-0.25, -0.2) is 0 Å². The third kappa shape index (κ3) is 9.08. The Labute approximate surface area is 239 Å². The van der Waals surface area contributed by atoms with E-state index < -0.39 is 0 Å².